The van der Waals surface area contributed by atoms with Crippen LogP contribution < -0.4 is 0 Å². The number of H-pyrrole nitrogens is 1. The summed E-state index contributed by atoms with van der Waals surface area (Å²) < 4.78 is 85.4. The lowest BCUT2D eigenvalue weighted by Crippen LogP contribution is -2.38. The second-order valence-corrected chi connectivity index (χ2v) is 11.7. The Morgan fingerprint density at radius 3 is 2.33 bits per heavy atom. The van der Waals surface area contributed by atoms with E-state index in [1.165, 1.54) is 4.90 Å². The van der Waals surface area contributed by atoms with Crippen LogP contribution >= 0.6 is 10.2 Å². The topological polar surface area (TPSA) is 71.1 Å². The maximum atomic E-state index is 14.9. The van der Waals surface area contributed by atoms with Gasteiger partial charge in [0.1, 0.15) is 22.6 Å². The quantitative estimate of drug-likeness (QED) is 0.366. The van der Waals surface area contributed by atoms with Crippen molar-refractivity contribution >= 4 is 27.3 Å². The molecule has 3 aromatic rings. The van der Waals surface area contributed by atoms with Crippen LogP contribution in [-0.4, -0.2) is 45.5 Å². The highest BCUT2D eigenvalue weighted by atomic mass is 32.5. The molecule has 0 radical (unpaired) electrons. The molecule has 2 saturated heterocycles. The first-order valence-electron chi connectivity index (χ1n) is 11.6. The van der Waals surface area contributed by atoms with E-state index in [1.54, 1.807) is 0 Å². The van der Waals surface area contributed by atoms with Crippen molar-refractivity contribution in [2.24, 2.45) is 0 Å². The van der Waals surface area contributed by atoms with Crippen LogP contribution in [0.2, 0.25) is 0 Å². The third kappa shape index (κ3) is 4.90. The summed E-state index contributed by atoms with van der Waals surface area (Å²) in [6, 6.07) is 1.98. The van der Waals surface area contributed by atoms with Crippen LogP contribution in [0.5, 0.6) is 0 Å². The first kappa shape index (κ1) is 24.9. The van der Waals surface area contributed by atoms with E-state index in [1.807, 2.05) is 0 Å². The normalized spacial score (nSPS) is 21.8. The number of aromatic nitrogens is 3. The highest BCUT2D eigenvalue weighted by Gasteiger charge is 2.65. The Kier molecular flexibility index (Phi) is 5.60. The lowest BCUT2D eigenvalue weighted by molar-refractivity contribution is 0.0101. The minimum atomic E-state index is -9.81. The summed E-state index contributed by atoms with van der Waals surface area (Å²) in [6.07, 6.45) is 4.52. The number of benzene rings is 1. The molecule has 2 aliphatic rings. The SMILES string of the molecule is O=C(c1ccc(S(F)(F)(F)(F)F)cc1)N1CCC(c2c(F)cnc3nc([C@@H]4CCCCO4)[nH]c23)CC1. The number of imidazole rings is 1. The molecule has 0 aliphatic carbocycles. The summed E-state index contributed by atoms with van der Waals surface area (Å²) in [4.78, 5) is 23.9. The van der Waals surface area contributed by atoms with Gasteiger partial charge in [0.2, 0.25) is 0 Å². The van der Waals surface area contributed by atoms with Crippen molar-refractivity contribution in [1.82, 2.24) is 19.9 Å². The number of halogens is 6. The van der Waals surface area contributed by atoms with Gasteiger partial charge in [-0.1, -0.05) is 19.4 Å². The Balaban J connectivity index is 1.31. The Labute approximate surface area is 202 Å². The molecule has 2 aromatic heterocycles. The first-order chi connectivity index (χ1) is 16.8. The summed E-state index contributed by atoms with van der Waals surface area (Å²) in [7, 11) is -9.81. The van der Waals surface area contributed by atoms with Gasteiger partial charge in [-0.2, -0.15) is 0 Å². The lowest BCUT2D eigenvalue weighted by Gasteiger charge is -2.40. The number of hydrogen-bond acceptors (Lipinski definition) is 4. The second-order valence-electron chi connectivity index (χ2n) is 9.26. The fourth-order valence-electron chi connectivity index (χ4n) is 4.89. The number of amides is 1. The molecule has 1 aromatic carbocycles. The number of carbonyl (C=O) groups is 1. The van der Waals surface area contributed by atoms with Gasteiger partial charge >= 0.3 is 10.2 Å². The molecule has 1 N–H and O–H groups in total. The van der Waals surface area contributed by atoms with E-state index in [2.05, 4.69) is 15.0 Å². The third-order valence-corrected chi connectivity index (χ3v) is 7.91. The van der Waals surface area contributed by atoms with Crippen molar-refractivity contribution in [3.63, 3.8) is 0 Å². The van der Waals surface area contributed by atoms with Gasteiger partial charge in [0.15, 0.2) is 5.65 Å². The van der Waals surface area contributed by atoms with Gasteiger partial charge in [-0.25, -0.2) is 14.4 Å². The molecule has 2 aliphatic heterocycles. The van der Waals surface area contributed by atoms with E-state index in [0.29, 0.717) is 42.0 Å². The van der Waals surface area contributed by atoms with E-state index in [-0.39, 0.29) is 42.8 Å². The smallest absolute Gasteiger partial charge is 0.310 e. The average Bonchev–Trinajstić information content (AvgIpc) is 3.27. The molecular formula is C23H24F6N4O2S. The van der Waals surface area contributed by atoms with E-state index in [9.17, 15) is 28.6 Å². The van der Waals surface area contributed by atoms with Gasteiger partial charge in [-0.05, 0) is 62.3 Å². The Morgan fingerprint density at radius 2 is 1.72 bits per heavy atom. The number of likely N-dealkylation sites (tertiary alicyclic amines) is 1. The van der Waals surface area contributed by atoms with Gasteiger partial charge in [0.05, 0.1) is 11.7 Å². The molecule has 0 unspecified atom stereocenters. The van der Waals surface area contributed by atoms with Gasteiger partial charge < -0.3 is 14.6 Å². The van der Waals surface area contributed by atoms with E-state index in [0.717, 1.165) is 37.6 Å². The number of hydrogen-bond donors (Lipinski definition) is 1. The molecule has 5 rings (SSSR count). The van der Waals surface area contributed by atoms with E-state index >= 15 is 0 Å². The molecule has 2 fully saturated rings. The lowest BCUT2D eigenvalue weighted by atomic mass is 9.88. The van der Waals surface area contributed by atoms with Crippen molar-refractivity contribution in [2.75, 3.05) is 19.7 Å². The minimum absolute atomic E-state index is 0.123. The van der Waals surface area contributed by atoms with Crippen LogP contribution in [0.15, 0.2) is 35.4 Å². The van der Waals surface area contributed by atoms with Crippen molar-refractivity contribution < 1.29 is 33.4 Å². The fourth-order valence-corrected chi connectivity index (χ4v) is 5.54. The van der Waals surface area contributed by atoms with Crippen molar-refractivity contribution in [2.45, 2.75) is 49.0 Å². The fraction of sp³-hybridized carbons (Fsp3) is 0.435. The summed E-state index contributed by atoms with van der Waals surface area (Å²) in [5.41, 5.74) is 1.19. The molecule has 0 saturated carbocycles. The highest BCUT2D eigenvalue weighted by Crippen LogP contribution is 3.02. The minimum Gasteiger partial charge on any atom is -0.370 e. The van der Waals surface area contributed by atoms with Gasteiger partial charge in [-0.15, -0.1) is 0 Å². The number of carbonyl (C=O) groups excluding carboxylic acids is 1. The average molecular weight is 535 g/mol. The predicted molar refractivity (Wildman–Crippen MR) is 122 cm³/mol. The molecule has 0 bridgehead atoms. The number of nitrogens with one attached hydrogen (secondary N) is 1. The van der Waals surface area contributed by atoms with Gasteiger partial charge in [0, 0.05) is 30.8 Å². The van der Waals surface area contributed by atoms with Crippen LogP contribution in [0.1, 0.15) is 65.9 Å². The molecule has 0 spiro atoms. The molecule has 6 nitrogen and oxygen atoms in total. The summed E-state index contributed by atoms with van der Waals surface area (Å²) in [5, 5.41) is 0. The predicted octanol–water partition coefficient (Wildman–Crippen LogP) is 7.02. The maximum Gasteiger partial charge on any atom is 0.310 e. The molecular weight excluding hydrogens is 510 g/mol. The summed E-state index contributed by atoms with van der Waals surface area (Å²) in [6.45, 7) is 1.08. The van der Waals surface area contributed by atoms with Crippen molar-refractivity contribution in [3.8, 4) is 0 Å². The molecule has 196 valence electrons. The number of piperidine rings is 1. The molecule has 4 heterocycles. The first-order valence-corrected chi connectivity index (χ1v) is 13.5. The number of nitrogens with zero attached hydrogens (tertiary/aromatic N) is 3. The zero-order valence-corrected chi connectivity index (χ0v) is 19.8. The van der Waals surface area contributed by atoms with E-state index in [4.69, 9.17) is 4.74 Å². The second kappa shape index (κ2) is 8.10. The number of fused-ring (bicyclic) bond motifs is 1. The maximum absolute atomic E-state index is 14.9. The largest absolute Gasteiger partial charge is 0.370 e. The molecule has 1 amide bonds. The highest BCUT2D eigenvalue weighted by molar-refractivity contribution is 8.45. The number of pyridine rings is 1. The van der Waals surface area contributed by atoms with Crippen LogP contribution in [0.4, 0.5) is 23.8 Å². The Hall–Kier alpha value is -2.80. The molecule has 13 heteroatoms. The van der Waals surface area contributed by atoms with Crippen LogP contribution in [-0.2, 0) is 4.74 Å². The van der Waals surface area contributed by atoms with Crippen LogP contribution in [0.25, 0.3) is 11.2 Å². The Bertz CT molecular complexity index is 1300. The van der Waals surface area contributed by atoms with Crippen LogP contribution in [0.3, 0.4) is 0 Å². The third-order valence-electron chi connectivity index (χ3n) is 6.75. The zero-order valence-electron chi connectivity index (χ0n) is 19.0. The van der Waals surface area contributed by atoms with Gasteiger partial charge in [0.25, 0.3) is 5.91 Å². The Morgan fingerprint density at radius 1 is 1.03 bits per heavy atom. The van der Waals surface area contributed by atoms with Crippen LogP contribution in [0, 0.1) is 5.82 Å². The van der Waals surface area contributed by atoms with Crippen molar-refractivity contribution in [1.29, 1.82) is 0 Å². The molecule has 36 heavy (non-hydrogen) atoms. The monoisotopic (exact) mass is 534 g/mol. The zero-order chi connectivity index (χ0) is 25.8. The molecule has 1 atom stereocenters. The van der Waals surface area contributed by atoms with Gasteiger partial charge in [-0.3, -0.25) is 4.79 Å². The number of ether oxygens (including phenoxy) is 1. The number of rotatable bonds is 4. The standard InChI is InChI=1S/C23H24F6N4O2S/c24-17-13-30-22-20(31-21(32-22)18-3-1-2-12-35-18)19(17)14-8-10-33(11-9-14)23(34)15-4-6-16(7-5-15)36(25,26,27,28)29/h4-7,13-14,18H,1-3,8-12H2,(H,30,31,32)/t18-/m0/s1. The van der Waals surface area contributed by atoms with E-state index < -0.39 is 26.8 Å². The number of aromatic amines is 1. The van der Waals surface area contributed by atoms with Crippen molar-refractivity contribution in [3.05, 3.63) is 53.2 Å². The summed E-state index contributed by atoms with van der Waals surface area (Å²) in [5.74, 6) is -0.693. The summed E-state index contributed by atoms with van der Waals surface area (Å²) >= 11 is 0.